The molecule has 0 bridgehead atoms. The fourth-order valence-electron chi connectivity index (χ4n) is 2.44. The van der Waals surface area contributed by atoms with E-state index in [-0.39, 0.29) is 44.4 Å². The Bertz CT molecular complexity index is 495. The highest BCUT2D eigenvalue weighted by Crippen LogP contribution is 2.09. The molecule has 1 unspecified atom stereocenters. The van der Waals surface area contributed by atoms with Crippen LogP contribution in [-0.4, -0.2) is 49.2 Å². The molecule has 0 radical (unpaired) electrons. The van der Waals surface area contributed by atoms with Crippen molar-refractivity contribution in [3.8, 4) is 0 Å². The molecule has 0 aromatic carbocycles. The number of carbonyl (C=O) groups excluding carboxylic acids is 4. The normalized spacial score (nSPS) is 12.8. The molecule has 4 N–H and O–H groups in total. The zero-order chi connectivity index (χ0) is 20.8. The molecule has 0 aromatic rings. The van der Waals surface area contributed by atoms with Gasteiger partial charge in [-0.2, -0.15) is 0 Å². The molecular weight excluding hydrogens is 354 g/mol. The molecule has 3 amide bonds. The molecule has 0 heterocycles. The van der Waals surface area contributed by atoms with E-state index in [1.54, 1.807) is 13.8 Å². The van der Waals surface area contributed by atoms with Gasteiger partial charge in [0, 0.05) is 18.9 Å². The fourth-order valence-corrected chi connectivity index (χ4v) is 2.44. The van der Waals surface area contributed by atoms with Crippen LogP contribution >= 0.6 is 0 Å². The van der Waals surface area contributed by atoms with Gasteiger partial charge in [-0.25, -0.2) is 9.59 Å². The number of carbonyl (C=O) groups is 4. The molecule has 9 heteroatoms. The zero-order valence-electron chi connectivity index (χ0n) is 16.7. The molecule has 0 aromatic heterocycles. The van der Waals surface area contributed by atoms with E-state index in [1.165, 1.54) is 0 Å². The lowest BCUT2D eigenvalue weighted by atomic mass is 10.0. The lowest BCUT2D eigenvalue weighted by molar-refractivity contribution is -0.146. The van der Waals surface area contributed by atoms with E-state index in [0.717, 1.165) is 0 Å². The summed E-state index contributed by atoms with van der Waals surface area (Å²) in [6, 6.07) is -1.79. The number of urea groups is 1. The topological polar surface area (TPSA) is 137 Å². The van der Waals surface area contributed by atoms with Crippen LogP contribution in [0.4, 0.5) is 4.79 Å². The molecule has 0 aliphatic carbocycles. The summed E-state index contributed by atoms with van der Waals surface area (Å²) in [6.45, 7) is 7.76. The standard InChI is InChI=1S/C18H33N3O6/c1-5-26-16(23)10-8-13(7-9-15(19)22)20-18(25)21-14(11-12(3)4)17(24)27-6-2/h12-14H,5-11H2,1-4H3,(H2,19,22)(H2,20,21,25)/t13-,14?/m0/s1. The number of primary amides is 1. The highest BCUT2D eigenvalue weighted by atomic mass is 16.5. The summed E-state index contributed by atoms with van der Waals surface area (Å²) in [7, 11) is 0. The number of rotatable bonds is 13. The van der Waals surface area contributed by atoms with E-state index in [1.807, 2.05) is 13.8 Å². The number of esters is 2. The lowest BCUT2D eigenvalue weighted by Gasteiger charge is -2.22. The third kappa shape index (κ3) is 12.6. The van der Waals surface area contributed by atoms with E-state index in [2.05, 4.69) is 10.6 Å². The molecule has 0 rings (SSSR count). The first-order valence-electron chi connectivity index (χ1n) is 9.37. The number of amides is 3. The van der Waals surface area contributed by atoms with Crippen LogP contribution in [0.5, 0.6) is 0 Å². The van der Waals surface area contributed by atoms with Gasteiger partial charge >= 0.3 is 18.0 Å². The Kier molecular flexibility index (Phi) is 12.6. The Morgan fingerprint density at radius 3 is 2.04 bits per heavy atom. The van der Waals surface area contributed by atoms with Crippen LogP contribution in [0.3, 0.4) is 0 Å². The monoisotopic (exact) mass is 387 g/mol. The third-order valence-electron chi connectivity index (χ3n) is 3.66. The number of ether oxygens (including phenoxy) is 2. The first kappa shape index (κ1) is 24.7. The van der Waals surface area contributed by atoms with Crippen LogP contribution in [0, 0.1) is 5.92 Å². The van der Waals surface area contributed by atoms with Gasteiger partial charge in [0.2, 0.25) is 5.91 Å². The second-order valence-electron chi connectivity index (χ2n) is 6.60. The van der Waals surface area contributed by atoms with Gasteiger partial charge in [-0.3, -0.25) is 9.59 Å². The van der Waals surface area contributed by atoms with Gasteiger partial charge in [0.25, 0.3) is 0 Å². The largest absolute Gasteiger partial charge is 0.466 e. The Morgan fingerprint density at radius 2 is 1.52 bits per heavy atom. The summed E-state index contributed by atoms with van der Waals surface area (Å²) in [4.78, 5) is 46.9. The minimum atomic E-state index is -0.771. The van der Waals surface area contributed by atoms with Crippen LogP contribution in [0.25, 0.3) is 0 Å². The summed E-state index contributed by atoms with van der Waals surface area (Å²) in [5.74, 6) is -1.20. The summed E-state index contributed by atoms with van der Waals surface area (Å²) < 4.78 is 9.86. The molecule has 2 atom stereocenters. The molecule has 0 spiro atoms. The van der Waals surface area contributed by atoms with E-state index >= 15 is 0 Å². The van der Waals surface area contributed by atoms with E-state index < -0.39 is 30.0 Å². The molecule has 0 saturated carbocycles. The molecule has 0 aliphatic heterocycles. The maximum absolute atomic E-state index is 12.3. The van der Waals surface area contributed by atoms with Gasteiger partial charge in [0.15, 0.2) is 0 Å². The fraction of sp³-hybridized carbons (Fsp3) is 0.778. The zero-order valence-corrected chi connectivity index (χ0v) is 16.7. The van der Waals surface area contributed by atoms with Gasteiger partial charge in [0.05, 0.1) is 13.2 Å². The summed E-state index contributed by atoms with van der Waals surface area (Å²) in [5, 5.41) is 5.30. The molecular formula is C18H33N3O6. The molecule has 156 valence electrons. The summed E-state index contributed by atoms with van der Waals surface area (Å²) in [5.41, 5.74) is 5.16. The Morgan fingerprint density at radius 1 is 0.926 bits per heavy atom. The number of nitrogens with one attached hydrogen (secondary N) is 2. The summed E-state index contributed by atoms with van der Waals surface area (Å²) >= 11 is 0. The van der Waals surface area contributed by atoms with E-state index in [9.17, 15) is 19.2 Å². The van der Waals surface area contributed by atoms with Gasteiger partial charge in [-0.15, -0.1) is 0 Å². The lowest BCUT2D eigenvalue weighted by Crippen LogP contribution is -2.50. The number of nitrogens with two attached hydrogens (primary N) is 1. The summed E-state index contributed by atoms with van der Waals surface area (Å²) in [6.07, 6.45) is 1.19. The molecule has 27 heavy (non-hydrogen) atoms. The van der Waals surface area contributed by atoms with Crippen molar-refractivity contribution in [2.75, 3.05) is 13.2 Å². The van der Waals surface area contributed by atoms with Gasteiger partial charge in [-0.1, -0.05) is 13.8 Å². The van der Waals surface area contributed by atoms with Crippen molar-refractivity contribution >= 4 is 23.9 Å². The second kappa shape index (κ2) is 13.8. The average molecular weight is 387 g/mol. The first-order chi connectivity index (χ1) is 12.7. The predicted octanol–water partition coefficient (Wildman–Crippen LogP) is 1.24. The van der Waals surface area contributed by atoms with Crippen LogP contribution in [0.1, 0.15) is 59.8 Å². The van der Waals surface area contributed by atoms with Crippen molar-refractivity contribution in [1.82, 2.24) is 10.6 Å². The average Bonchev–Trinajstić information content (AvgIpc) is 2.56. The molecule has 0 aliphatic rings. The van der Waals surface area contributed by atoms with E-state index in [0.29, 0.717) is 12.8 Å². The van der Waals surface area contributed by atoms with Crippen molar-refractivity contribution in [3.05, 3.63) is 0 Å². The van der Waals surface area contributed by atoms with Crippen molar-refractivity contribution in [3.63, 3.8) is 0 Å². The van der Waals surface area contributed by atoms with Crippen molar-refractivity contribution < 1.29 is 28.7 Å². The van der Waals surface area contributed by atoms with Crippen LogP contribution in [0.15, 0.2) is 0 Å². The van der Waals surface area contributed by atoms with Crippen LogP contribution < -0.4 is 16.4 Å². The van der Waals surface area contributed by atoms with Crippen molar-refractivity contribution in [1.29, 1.82) is 0 Å². The Labute approximate surface area is 160 Å². The second-order valence-corrected chi connectivity index (χ2v) is 6.60. The van der Waals surface area contributed by atoms with Gasteiger partial charge < -0.3 is 25.8 Å². The Hall–Kier alpha value is -2.32. The highest BCUT2D eigenvalue weighted by molar-refractivity contribution is 5.83. The van der Waals surface area contributed by atoms with Crippen molar-refractivity contribution in [2.24, 2.45) is 11.7 Å². The maximum Gasteiger partial charge on any atom is 0.328 e. The highest BCUT2D eigenvalue weighted by Gasteiger charge is 2.24. The Balaban J connectivity index is 4.82. The minimum absolute atomic E-state index is 0.0705. The number of hydrogen-bond acceptors (Lipinski definition) is 6. The SMILES string of the molecule is CCOC(=O)CC[C@H](CCC(N)=O)NC(=O)NC(CC(C)C)C(=O)OCC. The van der Waals surface area contributed by atoms with Crippen LogP contribution in [0.2, 0.25) is 0 Å². The van der Waals surface area contributed by atoms with Crippen molar-refractivity contribution in [2.45, 2.75) is 71.9 Å². The smallest absolute Gasteiger partial charge is 0.328 e. The van der Waals surface area contributed by atoms with Gasteiger partial charge in [-0.05, 0) is 39.0 Å². The molecule has 0 saturated heterocycles. The maximum atomic E-state index is 12.3. The third-order valence-corrected chi connectivity index (χ3v) is 3.66. The minimum Gasteiger partial charge on any atom is -0.466 e. The number of hydrogen-bond donors (Lipinski definition) is 3. The van der Waals surface area contributed by atoms with Gasteiger partial charge in [0.1, 0.15) is 6.04 Å². The molecule has 0 fully saturated rings. The van der Waals surface area contributed by atoms with E-state index in [4.69, 9.17) is 15.2 Å². The first-order valence-corrected chi connectivity index (χ1v) is 9.37. The molecule has 9 nitrogen and oxygen atoms in total. The van der Waals surface area contributed by atoms with Crippen LogP contribution in [-0.2, 0) is 23.9 Å². The quantitative estimate of drug-likeness (QED) is 0.407. The predicted molar refractivity (Wildman–Crippen MR) is 99.6 cm³/mol.